The van der Waals surface area contributed by atoms with Crippen molar-refractivity contribution in [2.75, 3.05) is 19.0 Å². The molecule has 0 saturated heterocycles. The van der Waals surface area contributed by atoms with Crippen LogP contribution in [0.2, 0.25) is 0 Å². The largest absolute Gasteiger partial charge is 0.493 e. The number of nitrogens with two attached hydrogens (primary N) is 1. The maximum Gasteiger partial charge on any atom is 0.241 e. The lowest BCUT2D eigenvalue weighted by Gasteiger charge is -2.17. The van der Waals surface area contributed by atoms with Crippen molar-refractivity contribution in [1.29, 1.82) is 0 Å². The highest BCUT2D eigenvalue weighted by molar-refractivity contribution is 7.89. The van der Waals surface area contributed by atoms with E-state index >= 15 is 0 Å². The summed E-state index contributed by atoms with van der Waals surface area (Å²) in [4.78, 5) is -0.287. The molecule has 0 spiro atoms. The van der Waals surface area contributed by atoms with Crippen LogP contribution in [0.1, 0.15) is 31.6 Å². The Morgan fingerprint density at radius 3 is 2.50 bits per heavy atom. The molecule has 0 heterocycles. The van der Waals surface area contributed by atoms with Gasteiger partial charge in [0.15, 0.2) is 12.0 Å². The summed E-state index contributed by atoms with van der Waals surface area (Å²) in [6, 6.07) is 2.51. The number of methoxy groups -OCH3 is 1. The Balaban J connectivity index is 3.35. The first-order valence-electron chi connectivity index (χ1n) is 6.16. The summed E-state index contributed by atoms with van der Waals surface area (Å²) >= 11 is 0. The lowest BCUT2D eigenvalue weighted by atomic mass is 10.1. The van der Waals surface area contributed by atoms with Crippen LogP contribution in [0.5, 0.6) is 5.75 Å². The van der Waals surface area contributed by atoms with Crippen LogP contribution >= 0.6 is 0 Å². The number of anilines is 1. The summed E-state index contributed by atoms with van der Waals surface area (Å²) in [6.07, 6.45) is 0.0348. The fourth-order valence-electron chi connectivity index (χ4n) is 1.73. The molecule has 0 fully saturated rings. The normalized spacial score (nSPS) is 11.7. The summed E-state index contributed by atoms with van der Waals surface area (Å²) in [7, 11) is -2.72. The SMILES string of the molecule is CCCCNc1cc(C(O)O)cc(S(N)(=O)=O)c1OC. The summed E-state index contributed by atoms with van der Waals surface area (Å²) in [5.41, 5.74) is 0.379. The maximum atomic E-state index is 11.6. The molecule has 0 saturated carbocycles. The summed E-state index contributed by atoms with van der Waals surface area (Å²) in [6.45, 7) is 2.62. The zero-order valence-electron chi connectivity index (χ0n) is 11.5. The minimum atomic E-state index is -4.04. The van der Waals surface area contributed by atoms with E-state index in [2.05, 4.69) is 5.32 Å². The van der Waals surface area contributed by atoms with Gasteiger partial charge in [-0.2, -0.15) is 0 Å². The molecule has 0 aliphatic heterocycles. The molecule has 8 heteroatoms. The Labute approximate surface area is 118 Å². The molecule has 0 radical (unpaired) electrons. The van der Waals surface area contributed by atoms with Gasteiger partial charge in [-0.25, -0.2) is 13.6 Å². The number of unbranched alkanes of at least 4 members (excludes halogenated alkanes) is 1. The van der Waals surface area contributed by atoms with Crippen LogP contribution < -0.4 is 15.2 Å². The number of aliphatic hydroxyl groups excluding tert-OH is 1. The van der Waals surface area contributed by atoms with Gasteiger partial charge in [-0.3, -0.25) is 0 Å². The summed E-state index contributed by atoms with van der Waals surface area (Å²) < 4.78 is 28.2. The molecule has 1 aromatic carbocycles. The van der Waals surface area contributed by atoms with Gasteiger partial charge >= 0.3 is 0 Å². The molecule has 0 bridgehead atoms. The third-order valence-electron chi connectivity index (χ3n) is 2.73. The second-order valence-corrected chi connectivity index (χ2v) is 5.83. The van der Waals surface area contributed by atoms with Gasteiger partial charge in [0.1, 0.15) is 4.90 Å². The number of sulfonamides is 1. The molecule has 0 atom stereocenters. The van der Waals surface area contributed by atoms with Crippen molar-refractivity contribution in [3.8, 4) is 5.75 Å². The van der Waals surface area contributed by atoms with E-state index in [1.807, 2.05) is 6.92 Å². The van der Waals surface area contributed by atoms with Crippen molar-refractivity contribution >= 4 is 15.7 Å². The van der Waals surface area contributed by atoms with Gasteiger partial charge in [0.05, 0.1) is 12.8 Å². The Bertz CT molecular complexity index is 557. The highest BCUT2D eigenvalue weighted by Gasteiger charge is 2.21. The van der Waals surface area contributed by atoms with Crippen molar-refractivity contribution in [2.24, 2.45) is 5.14 Å². The monoisotopic (exact) mass is 304 g/mol. The van der Waals surface area contributed by atoms with Crippen LogP contribution in [-0.4, -0.2) is 32.3 Å². The highest BCUT2D eigenvalue weighted by atomic mass is 32.2. The first-order valence-corrected chi connectivity index (χ1v) is 7.70. The number of ether oxygens (including phenoxy) is 1. The zero-order valence-corrected chi connectivity index (χ0v) is 12.3. The quantitative estimate of drug-likeness (QED) is 0.431. The van der Waals surface area contributed by atoms with E-state index in [0.29, 0.717) is 12.2 Å². The molecule has 0 amide bonds. The molecule has 1 aromatic rings. The van der Waals surface area contributed by atoms with E-state index < -0.39 is 16.3 Å². The van der Waals surface area contributed by atoms with Crippen LogP contribution in [0.4, 0.5) is 5.69 Å². The minimum absolute atomic E-state index is 0.0221. The van der Waals surface area contributed by atoms with Crippen molar-refractivity contribution in [2.45, 2.75) is 31.0 Å². The van der Waals surface area contributed by atoms with Crippen LogP contribution in [0.15, 0.2) is 17.0 Å². The van der Waals surface area contributed by atoms with Gasteiger partial charge < -0.3 is 20.3 Å². The minimum Gasteiger partial charge on any atom is -0.493 e. The predicted molar refractivity (Wildman–Crippen MR) is 74.9 cm³/mol. The molecular formula is C12H20N2O5S. The van der Waals surface area contributed by atoms with E-state index in [-0.39, 0.29) is 16.2 Å². The number of benzene rings is 1. The predicted octanol–water partition coefficient (Wildman–Crippen LogP) is 0.538. The van der Waals surface area contributed by atoms with Gasteiger partial charge in [0, 0.05) is 12.1 Å². The molecule has 1 rings (SSSR count). The standard InChI is InChI=1S/C12H20N2O5S/c1-3-4-5-14-9-6-8(12(15)16)7-10(11(9)19-2)20(13,17)18/h6-7,12,14-16H,3-5H2,1-2H3,(H2,13,17,18). The average molecular weight is 304 g/mol. The van der Waals surface area contributed by atoms with Gasteiger partial charge in [-0.15, -0.1) is 0 Å². The first kappa shape index (κ1) is 16.7. The second kappa shape index (κ2) is 6.89. The van der Waals surface area contributed by atoms with Crippen LogP contribution in [0.3, 0.4) is 0 Å². The molecule has 0 aliphatic carbocycles. The molecule has 0 unspecified atom stereocenters. The third-order valence-corrected chi connectivity index (χ3v) is 3.65. The van der Waals surface area contributed by atoms with Gasteiger partial charge in [-0.05, 0) is 18.6 Å². The first-order chi connectivity index (χ1) is 9.31. The van der Waals surface area contributed by atoms with Gasteiger partial charge in [0.25, 0.3) is 0 Å². The molecule has 114 valence electrons. The Hall–Kier alpha value is -1.35. The van der Waals surface area contributed by atoms with E-state index in [1.54, 1.807) is 0 Å². The van der Waals surface area contributed by atoms with Crippen molar-refractivity contribution < 1.29 is 23.4 Å². The lowest BCUT2D eigenvalue weighted by Crippen LogP contribution is -2.16. The van der Waals surface area contributed by atoms with E-state index in [0.717, 1.165) is 18.9 Å². The summed E-state index contributed by atoms with van der Waals surface area (Å²) in [5, 5.41) is 26.6. The van der Waals surface area contributed by atoms with Gasteiger partial charge in [-0.1, -0.05) is 13.3 Å². The van der Waals surface area contributed by atoms with Crippen molar-refractivity contribution in [3.63, 3.8) is 0 Å². The molecular weight excluding hydrogens is 284 g/mol. The van der Waals surface area contributed by atoms with Crippen LogP contribution in [0.25, 0.3) is 0 Å². The van der Waals surface area contributed by atoms with Crippen molar-refractivity contribution in [1.82, 2.24) is 0 Å². The number of hydrogen-bond acceptors (Lipinski definition) is 6. The number of nitrogens with one attached hydrogen (secondary N) is 1. The average Bonchev–Trinajstić information content (AvgIpc) is 2.36. The zero-order chi connectivity index (χ0) is 15.3. The smallest absolute Gasteiger partial charge is 0.241 e. The molecule has 20 heavy (non-hydrogen) atoms. The summed E-state index contributed by atoms with van der Waals surface area (Å²) in [5.74, 6) is 0.0630. The van der Waals surface area contributed by atoms with Gasteiger partial charge in [0.2, 0.25) is 10.0 Å². The molecule has 0 aliphatic rings. The van der Waals surface area contributed by atoms with E-state index in [9.17, 15) is 18.6 Å². The highest BCUT2D eigenvalue weighted by Crippen LogP contribution is 2.34. The molecule has 0 aromatic heterocycles. The fraction of sp³-hybridized carbons (Fsp3) is 0.500. The fourth-order valence-corrected chi connectivity index (χ4v) is 2.48. The van der Waals surface area contributed by atoms with E-state index in [4.69, 9.17) is 9.88 Å². The van der Waals surface area contributed by atoms with Crippen molar-refractivity contribution in [3.05, 3.63) is 17.7 Å². The number of hydrogen-bond donors (Lipinski definition) is 4. The topological polar surface area (TPSA) is 122 Å². The van der Waals surface area contributed by atoms with E-state index in [1.165, 1.54) is 13.2 Å². The molecule has 7 nitrogen and oxygen atoms in total. The molecule has 5 N–H and O–H groups in total. The maximum absolute atomic E-state index is 11.6. The Morgan fingerprint density at radius 1 is 1.40 bits per heavy atom. The lowest BCUT2D eigenvalue weighted by molar-refractivity contribution is -0.0426. The third kappa shape index (κ3) is 4.07. The van der Waals surface area contributed by atoms with Crippen LogP contribution in [0, 0.1) is 0 Å². The van der Waals surface area contributed by atoms with Crippen LogP contribution in [-0.2, 0) is 10.0 Å². The Morgan fingerprint density at radius 2 is 2.05 bits per heavy atom. The number of rotatable bonds is 7. The second-order valence-electron chi connectivity index (χ2n) is 4.30. The Kier molecular flexibility index (Phi) is 5.75. The number of primary sulfonamides is 1. The number of aliphatic hydroxyl groups is 2.